The molecule has 0 unspecified atom stereocenters. The number of hydrogen-bond donors (Lipinski definition) is 1. The number of thioether (sulfide) groups is 1. The summed E-state index contributed by atoms with van der Waals surface area (Å²) in [6, 6.07) is 6.88. The molecule has 1 amide bonds. The summed E-state index contributed by atoms with van der Waals surface area (Å²) in [6.07, 6.45) is 0.519. The molecule has 0 saturated carbocycles. The van der Waals surface area contributed by atoms with Crippen molar-refractivity contribution in [3.05, 3.63) is 24.3 Å². The second kappa shape index (κ2) is 10.1. The van der Waals surface area contributed by atoms with Crippen LogP contribution in [0.2, 0.25) is 0 Å². The smallest absolute Gasteiger partial charge is 0.328 e. The van der Waals surface area contributed by atoms with Crippen molar-refractivity contribution in [3.8, 4) is 17.1 Å². The predicted molar refractivity (Wildman–Crippen MR) is 107 cm³/mol. The third-order valence-corrected chi connectivity index (χ3v) is 5.06. The Morgan fingerprint density at radius 3 is 2.57 bits per heavy atom. The summed E-state index contributed by atoms with van der Waals surface area (Å²) in [4.78, 5) is 24.1. The van der Waals surface area contributed by atoms with Crippen LogP contribution in [0.4, 0.5) is 0 Å². The average molecular weight is 407 g/mol. The highest BCUT2D eigenvalue weighted by molar-refractivity contribution is 7.99. The molecule has 0 saturated heterocycles. The molecule has 1 N–H and O–H groups in total. The summed E-state index contributed by atoms with van der Waals surface area (Å²) in [7, 11) is 4.75. The Bertz CT molecular complexity index is 822. The van der Waals surface area contributed by atoms with E-state index in [0.29, 0.717) is 23.2 Å². The van der Waals surface area contributed by atoms with E-state index < -0.39 is 12.0 Å². The molecule has 0 aliphatic rings. The summed E-state index contributed by atoms with van der Waals surface area (Å²) in [5.41, 5.74) is 0.819. The van der Waals surface area contributed by atoms with E-state index in [4.69, 9.17) is 9.47 Å². The van der Waals surface area contributed by atoms with Gasteiger partial charge in [0, 0.05) is 7.05 Å². The number of nitrogens with zero attached hydrogens (tertiary/aromatic N) is 3. The van der Waals surface area contributed by atoms with Gasteiger partial charge < -0.3 is 19.4 Å². The lowest BCUT2D eigenvalue weighted by Gasteiger charge is -2.18. The lowest BCUT2D eigenvalue weighted by molar-refractivity contribution is -0.145. The van der Waals surface area contributed by atoms with Crippen molar-refractivity contribution in [1.82, 2.24) is 20.1 Å². The second-order valence-corrected chi connectivity index (χ2v) is 7.57. The molecule has 0 bridgehead atoms. The number of carbonyl (C=O) groups excluding carboxylic acids is 2. The van der Waals surface area contributed by atoms with Gasteiger partial charge in [-0.1, -0.05) is 37.7 Å². The monoisotopic (exact) mass is 406 g/mol. The normalized spacial score (nSPS) is 11.9. The fraction of sp³-hybridized carbons (Fsp3) is 0.474. The van der Waals surface area contributed by atoms with Gasteiger partial charge in [-0.3, -0.25) is 4.79 Å². The molecule has 0 radical (unpaired) electrons. The van der Waals surface area contributed by atoms with Crippen LogP contribution in [0.15, 0.2) is 29.4 Å². The highest BCUT2D eigenvalue weighted by Gasteiger charge is 2.23. The molecule has 0 aliphatic carbocycles. The molecule has 2 aromatic rings. The molecule has 2 rings (SSSR count). The molecule has 8 nitrogen and oxygen atoms in total. The molecule has 0 aliphatic heterocycles. The molecule has 152 valence electrons. The van der Waals surface area contributed by atoms with Gasteiger partial charge in [0.1, 0.15) is 11.8 Å². The van der Waals surface area contributed by atoms with Crippen molar-refractivity contribution in [1.29, 1.82) is 0 Å². The Balaban J connectivity index is 2.04. The largest absolute Gasteiger partial charge is 0.496 e. The number of esters is 1. The van der Waals surface area contributed by atoms with E-state index in [-0.39, 0.29) is 17.6 Å². The molecule has 0 spiro atoms. The van der Waals surface area contributed by atoms with Crippen LogP contribution in [-0.2, 0) is 21.4 Å². The van der Waals surface area contributed by atoms with Crippen molar-refractivity contribution < 1.29 is 19.1 Å². The molecular formula is C19H26N4O4S. The number of rotatable bonds is 9. The van der Waals surface area contributed by atoms with Crippen molar-refractivity contribution in [2.24, 2.45) is 13.0 Å². The van der Waals surface area contributed by atoms with Gasteiger partial charge in [0.2, 0.25) is 5.91 Å². The first kappa shape index (κ1) is 21.7. The van der Waals surface area contributed by atoms with E-state index in [1.54, 1.807) is 7.11 Å². The van der Waals surface area contributed by atoms with Gasteiger partial charge in [0.25, 0.3) is 0 Å². The van der Waals surface area contributed by atoms with Crippen molar-refractivity contribution >= 4 is 23.6 Å². The van der Waals surface area contributed by atoms with E-state index in [0.717, 1.165) is 5.56 Å². The maximum atomic E-state index is 12.3. The Morgan fingerprint density at radius 2 is 1.93 bits per heavy atom. The molecule has 1 aromatic heterocycles. The fourth-order valence-electron chi connectivity index (χ4n) is 2.70. The number of ether oxygens (including phenoxy) is 2. The number of hydrogen-bond acceptors (Lipinski definition) is 7. The number of methoxy groups -OCH3 is 2. The standard InChI is InChI=1S/C19H26N4O4S/c1-12(2)10-14(18(25)27-5)20-16(24)11-28-19-22-21-17(23(19)3)13-8-6-7-9-15(13)26-4/h6-9,12,14H,10-11H2,1-5H3,(H,20,24)/t14-/m0/s1. The SMILES string of the molecule is COC(=O)[C@H](CC(C)C)NC(=O)CSc1nnc(-c2ccccc2OC)n1C. The molecule has 1 aromatic carbocycles. The third-order valence-electron chi connectivity index (χ3n) is 4.04. The van der Waals surface area contributed by atoms with E-state index >= 15 is 0 Å². The first-order valence-electron chi connectivity index (χ1n) is 8.90. The summed E-state index contributed by atoms with van der Waals surface area (Å²) >= 11 is 1.25. The molecule has 9 heteroatoms. The van der Waals surface area contributed by atoms with E-state index in [9.17, 15) is 9.59 Å². The van der Waals surface area contributed by atoms with Gasteiger partial charge in [-0.25, -0.2) is 4.79 Å². The Hall–Kier alpha value is -2.55. The molecule has 1 atom stereocenters. The van der Waals surface area contributed by atoms with Crippen LogP contribution in [0.1, 0.15) is 20.3 Å². The highest BCUT2D eigenvalue weighted by Crippen LogP contribution is 2.29. The van der Waals surface area contributed by atoms with Gasteiger partial charge in [-0.15, -0.1) is 10.2 Å². The van der Waals surface area contributed by atoms with E-state index in [1.807, 2.05) is 49.7 Å². The van der Waals surface area contributed by atoms with Gasteiger partial charge >= 0.3 is 5.97 Å². The number of amides is 1. The van der Waals surface area contributed by atoms with Crippen LogP contribution < -0.4 is 10.1 Å². The Labute approximate surface area is 169 Å². The van der Waals surface area contributed by atoms with Gasteiger partial charge in [0.05, 0.1) is 25.5 Å². The third kappa shape index (κ3) is 5.48. The Kier molecular flexibility index (Phi) is 7.86. The maximum Gasteiger partial charge on any atom is 0.328 e. The lowest BCUT2D eigenvalue weighted by Crippen LogP contribution is -2.43. The molecule has 1 heterocycles. The molecule has 0 fully saturated rings. The van der Waals surface area contributed by atoms with Crippen LogP contribution in [0, 0.1) is 5.92 Å². The van der Waals surface area contributed by atoms with Gasteiger partial charge in [-0.2, -0.15) is 0 Å². The summed E-state index contributed by atoms with van der Waals surface area (Å²) in [5, 5.41) is 11.7. The zero-order valence-corrected chi connectivity index (χ0v) is 17.6. The summed E-state index contributed by atoms with van der Waals surface area (Å²) in [5.74, 6) is 1.00. The van der Waals surface area contributed by atoms with Crippen LogP contribution in [-0.4, -0.2) is 52.7 Å². The topological polar surface area (TPSA) is 95.3 Å². The quantitative estimate of drug-likeness (QED) is 0.504. The number of nitrogens with one attached hydrogen (secondary N) is 1. The molecular weight excluding hydrogens is 380 g/mol. The van der Waals surface area contributed by atoms with E-state index in [2.05, 4.69) is 15.5 Å². The van der Waals surface area contributed by atoms with Crippen LogP contribution in [0.3, 0.4) is 0 Å². The first-order valence-corrected chi connectivity index (χ1v) is 9.88. The minimum Gasteiger partial charge on any atom is -0.496 e. The zero-order valence-electron chi connectivity index (χ0n) is 16.8. The van der Waals surface area contributed by atoms with Crippen LogP contribution in [0.25, 0.3) is 11.4 Å². The number of aromatic nitrogens is 3. The fourth-order valence-corrected chi connectivity index (χ4v) is 3.42. The zero-order chi connectivity index (χ0) is 20.7. The molecule has 28 heavy (non-hydrogen) atoms. The lowest BCUT2D eigenvalue weighted by atomic mass is 10.0. The number of benzene rings is 1. The first-order chi connectivity index (χ1) is 13.4. The summed E-state index contributed by atoms with van der Waals surface area (Å²) in [6.45, 7) is 3.96. The van der Waals surface area contributed by atoms with Crippen molar-refractivity contribution in [3.63, 3.8) is 0 Å². The van der Waals surface area contributed by atoms with Crippen molar-refractivity contribution in [2.75, 3.05) is 20.0 Å². The second-order valence-electron chi connectivity index (χ2n) is 6.63. The maximum absolute atomic E-state index is 12.3. The van der Waals surface area contributed by atoms with Gasteiger partial charge in [-0.05, 0) is 24.5 Å². The highest BCUT2D eigenvalue weighted by atomic mass is 32.2. The van der Waals surface area contributed by atoms with Gasteiger partial charge in [0.15, 0.2) is 11.0 Å². The predicted octanol–water partition coefficient (Wildman–Crippen LogP) is 2.29. The van der Waals surface area contributed by atoms with Crippen LogP contribution in [0.5, 0.6) is 5.75 Å². The van der Waals surface area contributed by atoms with Crippen molar-refractivity contribution in [2.45, 2.75) is 31.5 Å². The number of para-hydroxylation sites is 1. The average Bonchev–Trinajstić information content (AvgIpc) is 3.05. The Morgan fingerprint density at radius 1 is 1.21 bits per heavy atom. The van der Waals surface area contributed by atoms with Crippen LogP contribution >= 0.6 is 11.8 Å². The van der Waals surface area contributed by atoms with E-state index in [1.165, 1.54) is 18.9 Å². The summed E-state index contributed by atoms with van der Waals surface area (Å²) < 4.78 is 12.0. The minimum absolute atomic E-state index is 0.115. The minimum atomic E-state index is -0.651. The number of carbonyl (C=O) groups is 2.